The minimum atomic E-state index is -4.97. The van der Waals surface area contributed by atoms with Gasteiger partial charge in [-0.15, -0.1) is 0 Å². The average Bonchev–Trinajstić information content (AvgIpc) is 2.46. The monoisotopic (exact) mass is 343 g/mol. The summed E-state index contributed by atoms with van der Waals surface area (Å²) in [6.45, 7) is 3.35. The second kappa shape index (κ2) is 7.10. The molecule has 0 radical (unpaired) electrons. The number of ether oxygens (including phenoxy) is 1. The summed E-state index contributed by atoms with van der Waals surface area (Å²) in [6, 6.07) is 0.448. The van der Waals surface area contributed by atoms with Gasteiger partial charge in [0.1, 0.15) is 0 Å². The minimum absolute atomic E-state index is 0.0804. The van der Waals surface area contributed by atoms with Crippen molar-refractivity contribution < 1.29 is 26.7 Å². The van der Waals surface area contributed by atoms with Gasteiger partial charge in [-0.05, 0) is 25.5 Å². The first kappa shape index (κ1) is 17.4. The van der Waals surface area contributed by atoms with Crippen LogP contribution in [0.4, 0.5) is 22.0 Å². The highest BCUT2D eigenvalue weighted by Gasteiger charge is 2.37. The molecule has 2 nitrogen and oxygen atoms in total. The highest BCUT2D eigenvalue weighted by Crippen LogP contribution is 2.36. The topological polar surface area (TPSA) is 12.5 Å². The van der Waals surface area contributed by atoms with Crippen LogP contribution in [-0.2, 0) is 17.3 Å². The average molecular weight is 344 g/mol. The van der Waals surface area contributed by atoms with Crippen LogP contribution in [0.3, 0.4) is 0 Å². The zero-order valence-corrected chi connectivity index (χ0v) is 12.4. The van der Waals surface area contributed by atoms with E-state index in [1.54, 1.807) is 0 Å². The molecule has 1 saturated heterocycles. The van der Waals surface area contributed by atoms with Gasteiger partial charge in [0.05, 0.1) is 18.8 Å². The molecule has 0 saturated carbocycles. The van der Waals surface area contributed by atoms with Crippen LogP contribution in [0.5, 0.6) is 0 Å². The van der Waals surface area contributed by atoms with Crippen molar-refractivity contribution in [1.82, 2.24) is 4.90 Å². The Morgan fingerprint density at radius 2 is 1.77 bits per heavy atom. The minimum Gasteiger partial charge on any atom is -0.379 e. The standard InChI is InChI=1S/C14H15ClF5NO/c15-11-8-10(14(18,19)20)13(17)12(16)9(11)2-1-3-21-4-6-22-7-5-21/h8H,1-7H2. The fourth-order valence-electron chi connectivity index (χ4n) is 2.37. The number of benzene rings is 1. The Hall–Kier alpha value is -0.920. The van der Waals surface area contributed by atoms with Crippen LogP contribution in [0.25, 0.3) is 0 Å². The summed E-state index contributed by atoms with van der Waals surface area (Å²) in [5.74, 6) is -3.40. The van der Waals surface area contributed by atoms with E-state index in [-0.39, 0.29) is 12.0 Å². The molecule has 1 aliphatic rings. The van der Waals surface area contributed by atoms with Gasteiger partial charge in [-0.25, -0.2) is 8.78 Å². The van der Waals surface area contributed by atoms with Crippen molar-refractivity contribution >= 4 is 11.6 Å². The predicted molar refractivity (Wildman–Crippen MR) is 72.0 cm³/mol. The molecule has 1 aromatic carbocycles. The van der Waals surface area contributed by atoms with E-state index in [9.17, 15) is 22.0 Å². The Labute approximate surface area is 129 Å². The molecule has 1 aliphatic heterocycles. The Morgan fingerprint density at radius 1 is 1.14 bits per heavy atom. The van der Waals surface area contributed by atoms with E-state index in [1.807, 2.05) is 0 Å². The Bertz CT molecular complexity index is 529. The molecule has 0 spiro atoms. The second-order valence-electron chi connectivity index (χ2n) is 5.07. The maximum Gasteiger partial charge on any atom is 0.419 e. The van der Waals surface area contributed by atoms with Gasteiger partial charge in [-0.2, -0.15) is 13.2 Å². The predicted octanol–water partition coefficient (Wildman–Crippen LogP) is 3.90. The Balaban J connectivity index is 2.06. The van der Waals surface area contributed by atoms with Crippen molar-refractivity contribution in [3.63, 3.8) is 0 Å². The summed E-state index contributed by atoms with van der Waals surface area (Å²) in [4.78, 5) is 2.09. The molecule has 2 rings (SSSR count). The molecular formula is C14H15ClF5NO. The van der Waals surface area contributed by atoms with Gasteiger partial charge >= 0.3 is 6.18 Å². The van der Waals surface area contributed by atoms with Crippen LogP contribution in [0.15, 0.2) is 6.07 Å². The zero-order valence-electron chi connectivity index (χ0n) is 11.7. The second-order valence-corrected chi connectivity index (χ2v) is 5.47. The molecule has 1 aromatic rings. The van der Waals surface area contributed by atoms with Crippen molar-refractivity contribution in [2.24, 2.45) is 0 Å². The zero-order chi connectivity index (χ0) is 16.3. The first-order valence-electron chi connectivity index (χ1n) is 6.84. The van der Waals surface area contributed by atoms with Crippen LogP contribution in [-0.4, -0.2) is 37.7 Å². The molecule has 0 aliphatic carbocycles. The molecule has 0 amide bonds. The number of hydrogen-bond donors (Lipinski definition) is 0. The summed E-state index contributed by atoms with van der Waals surface area (Å²) in [7, 11) is 0. The molecular weight excluding hydrogens is 329 g/mol. The van der Waals surface area contributed by atoms with E-state index in [0.717, 1.165) is 13.1 Å². The quantitative estimate of drug-likeness (QED) is 0.607. The Kier molecular flexibility index (Phi) is 5.63. The SMILES string of the molecule is Fc1c(C(F)(F)F)cc(Cl)c(CCCN2CCOCC2)c1F. The van der Waals surface area contributed by atoms with Crippen LogP contribution < -0.4 is 0 Å². The van der Waals surface area contributed by atoms with Crippen molar-refractivity contribution in [2.75, 3.05) is 32.8 Å². The van der Waals surface area contributed by atoms with E-state index >= 15 is 0 Å². The lowest BCUT2D eigenvalue weighted by molar-refractivity contribution is -0.140. The normalized spacial score (nSPS) is 17.0. The van der Waals surface area contributed by atoms with Crippen LogP contribution in [0, 0.1) is 11.6 Å². The molecule has 0 N–H and O–H groups in total. The summed E-state index contributed by atoms with van der Waals surface area (Å²) in [6.07, 6.45) is -4.42. The molecule has 0 aromatic heterocycles. The van der Waals surface area contributed by atoms with E-state index in [1.165, 1.54) is 0 Å². The third kappa shape index (κ3) is 4.08. The third-order valence-corrected chi connectivity index (χ3v) is 3.90. The highest BCUT2D eigenvalue weighted by molar-refractivity contribution is 6.31. The van der Waals surface area contributed by atoms with Gasteiger partial charge in [0, 0.05) is 23.7 Å². The molecule has 1 heterocycles. The lowest BCUT2D eigenvalue weighted by Gasteiger charge is -2.26. The van der Waals surface area contributed by atoms with Gasteiger partial charge < -0.3 is 4.74 Å². The fourth-order valence-corrected chi connectivity index (χ4v) is 2.66. The summed E-state index contributed by atoms with van der Waals surface area (Å²) < 4.78 is 70.2. The van der Waals surface area contributed by atoms with Crippen LogP contribution in [0.1, 0.15) is 17.5 Å². The number of nitrogens with zero attached hydrogens (tertiary/aromatic N) is 1. The highest BCUT2D eigenvalue weighted by atomic mass is 35.5. The van der Waals surface area contributed by atoms with E-state index in [2.05, 4.69) is 4.90 Å². The van der Waals surface area contributed by atoms with Gasteiger partial charge in [-0.3, -0.25) is 4.90 Å². The third-order valence-electron chi connectivity index (χ3n) is 3.56. The maximum absolute atomic E-state index is 13.8. The molecule has 124 valence electrons. The summed E-state index contributed by atoms with van der Waals surface area (Å²) in [5, 5.41) is -0.395. The first-order valence-corrected chi connectivity index (χ1v) is 7.22. The maximum atomic E-state index is 13.8. The van der Waals surface area contributed by atoms with E-state index in [4.69, 9.17) is 16.3 Å². The van der Waals surface area contributed by atoms with Gasteiger partial charge in [-0.1, -0.05) is 11.6 Å². The van der Waals surface area contributed by atoms with Crippen molar-refractivity contribution in [3.8, 4) is 0 Å². The van der Waals surface area contributed by atoms with Gasteiger partial charge in [0.15, 0.2) is 11.6 Å². The van der Waals surface area contributed by atoms with Crippen molar-refractivity contribution in [3.05, 3.63) is 33.9 Å². The first-order chi connectivity index (χ1) is 10.3. The molecule has 0 bridgehead atoms. The molecule has 0 unspecified atom stereocenters. The largest absolute Gasteiger partial charge is 0.419 e. The van der Waals surface area contributed by atoms with E-state index < -0.39 is 28.4 Å². The smallest absolute Gasteiger partial charge is 0.379 e. The van der Waals surface area contributed by atoms with Crippen molar-refractivity contribution in [1.29, 1.82) is 0 Å². The molecule has 0 atom stereocenters. The van der Waals surface area contributed by atoms with Crippen LogP contribution >= 0.6 is 11.6 Å². The fraction of sp³-hybridized carbons (Fsp3) is 0.571. The van der Waals surface area contributed by atoms with Gasteiger partial charge in [0.25, 0.3) is 0 Å². The molecule has 1 fully saturated rings. The number of hydrogen-bond acceptors (Lipinski definition) is 2. The number of rotatable bonds is 4. The number of alkyl halides is 3. The van der Waals surface area contributed by atoms with Gasteiger partial charge in [0.2, 0.25) is 0 Å². The number of morpholine rings is 1. The summed E-state index contributed by atoms with van der Waals surface area (Å²) >= 11 is 5.69. The summed E-state index contributed by atoms with van der Waals surface area (Å²) in [5.41, 5.74) is -1.88. The lowest BCUT2D eigenvalue weighted by Crippen LogP contribution is -2.37. The lowest BCUT2D eigenvalue weighted by atomic mass is 10.0. The van der Waals surface area contributed by atoms with E-state index in [0.29, 0.717) is 32.2 Å². The van der Waals surface area contributed by atoms with Crippen molar-refractivity contribution in [2.45, 2.75) is 19.0 Å². The number of halogens is 6. The molecule has 22 heavy (non-hydrogen) atoms. The molecule has 8 heteroatoms. The van der Waals surface area contributed by atoms with Crippen LogP contribution in [0.2, 0.25) is 5.02 Å². The Morgan fingerprint density at radius 3 is 2.36 bits per heavy atom.